The third-order valence-electron chi connectivity index (χ3n) is 4.69. The monoisotopic (exact) mass is 411 g/mol. The molecule has 0 spiro atoms. The minimum atomic E-state index is -0.568. The summed E-state index contributed by atoms with van der Waals surface area (Å²) in [5, 5.41) is 0.418. The third-order valence-corrected chi connectivity index (χ3v) is 5.93. The van der Waals surface area contributed by atoms with E-state index in [0.717, 1.165) is 22.6 Å². The van der Waals surface area contributed by atoms with E-state index in [2.05, 4.69) is 6.92 Å². The van der Waals surface area contributed by atoms with E-state index in [1.165, 1.54) is 6.08 Å². The Bertz CT molecular complexity index is 958. The smallest absolute Gasteiger partial charge is 0.331 e. The molecule has 1 amide bonds. The van der Waals surface area contributed by atoms with Gasteiger partial charge in [-0.25, -0.2) is 4.79 Å². The van der Waals surface area contributed by atoms with Crippen molar-refractivity contribution in [2.45, 2.75) is 23.5 Å². The van der Waals surface area contributed by atoms with Gasteiger partial charge < -0.3 is 19.1 Å². The molecule has 0 radical (unpaired) electrons. The summed E-state index contributed by atoms with van der Waals surface area (Å²) in [5.41, 5.74) is 1.66. The minimum absolute atomic E-state index is 0.198. The molecule has 6 nitrogen and oxygen atoms in total. The van der Waals surface area contributed by atoms with E-state index in [9.17, 15) is 9.59 Å². The molecular weight excluding hydrogens is 390 g/mol. The van der Waals surface area contributed by atoms with Crippen LogP contribution < -0.4 is 14.4 Å². The highest BCUT2D eigenvalue weighted by atomic mass is 32.2. The number of ether oxygens (including phenoxy) is 3. The molecule has 0 saturated heterocycles. The van der Waals surface area contributed by atoms with Gasteiger partial charge in [-0.3, -0.25) is 4.79 Å². The average Bonchev–Trinajstić information content (AvgIpc) is 3.12. The molecule has 150 valence electrons. The molecule has 2 aliphatic heterocycles. The van der Waals surface area contributed by atoms with Crippen molar-refractivity contribution in [1.29, 1.82) is 0 Å². The number of hydrogen-bond donors (Lipinski definition) is 0. The first-order valence-electron chi connectivity index (χ1n) is 9.41. The molecular formula is C22H21NO5S. The van der Waals surface area contributed by atoms with Crippen molar-refractivity contribution >= 4 is 35.4 Å². The van der Waals surface area contributed by atoms with Crippen LogP contribution >= 0.6 is 11.8 Å². The SMILES string of the molecule is C[C@@H]1CCN(C(=O)COC(=O)/C=C/c2ccc3c(c2)OCO3)c2ccccc2S1. The first-order valence-corrected chi connectivity index (χ1v) is 10.3. The van der Waals surface area contributed by atoms with Crippen LogP contribution in [0.25, 0.3) is 6.08 Å². The highest BCUT2D eigenvalue weighted by molar-refractivity contribution is 8.00. The maximum atomic E-state index is 12.7. The second kappa shape index (κ2) is 8.61. The predicted molar refractivity (Wildman–Crippen MR) is 111 cm³/mol. The van der Waals surface area contributed by atoms with Gasteiger partial charge in [0.1, 0.15) is 0 Å². The number of thioether (sulfide) groups is 1. The molecule has 2 aliphatic rings. The lowest BCUT2D eigenvalue weighted by molar-refractivity contribution is -0.142. The Balaban J connectivity index is 1.36. The largest absolute Gasteiger partial charge is 0.454 e. The van der Waals surface area contributed by atoms with Crippen LogP contribution in [0.4, 0.5) is 5.69 Å². The van der Waals surface area contributed by atoms with Gasteiger partial charge in [-0.2, -0.15) is 0 Å². The number of fused-ring (bicyclic) bond motifs is 2. The summed E-state index contributed by atoms with van der Waals surface area (Å²) in [6, 6.07) is 13.2. The molecule has 0 bridgehead atoms. The fraction of sp³-hybridized carbons (Fsp3) is 0.273. The van der Waals surface area contributed by atoms with Crippen LogP contribution in [0.3, 0.4) is 0 Å². The third kappa shape index (κ3) is 4.56. The highest BCUT2D eigenvalue weighted by Gasteiger charge is 2.24. The first-order chi connectivity index (χ1) is 14.1. The number of carbonyl (C=O) groups excluding carboxylic acids is 2. The van der Waals surface area contributed by atoms with Crippen molar-refractivity contribution < 1.29 is 23.8 Å². The van der Waals surface area contributed by atoms with Crippen molar-refractivity contribution in [1.82, 2.24) is 0 Å². The number of rotatable bonds is 4. The predicted octanol–water partition coefficient (Wildman–Crippen LogP) is 3.89. The van der Waals surface area contributed by atoms with E-state index in [0.29, 0.717) is 23.3 Å². The molecule has 0 N–H and O–H groups in total. The lowest BCUT2D eigenvalue weighted by Crippen LogP contribution is -2.35. The molecule has 0 unspecified atom stereocenters. The zero-order valence-corrected chi connectivity index (χ0v) is 16.8. The zero-order valence-electron chi connectivity index (χ0n) is 16.0. The molecule has 7 heteroatoms. The van der Waals surface area contributed by atoms with Crippen LogP contribution in [0.5, 0.6) is 11.5 Å². The van der Waals surface area contributed by atoms with Crippen molar-refractivity contribution in [2.75, 3.05) is 24.8 Å². The van der Waals surface area contributed by atoms with Crippen molar-refractivity contribution in [3.8, 4) is 11.5 Å². The topological polar surface area (TPSA) is 65.1 Å². The first kappa shape index (κ1) is 19.4. The van der Waals surface area contributed by atoms with E-state index in [1.54, 1.807) is 34.9 Å². The minimum Gasteiger partial charge on any atom is -0.454 e. The summed E-state index contributed by atoms with van der Waals surface area (Å²) in [7, 11) is 0. The van der Waals surface area contributed by atoms with E-state index in [1.807, 2.05) is 30.3 Å². The number of nitrogens with zero attached hydrogens (tertiary/aromatic N) is 1. The number of para-hydroxylation sites is 1. The number of carbonyl (C=O) groups is 2. The normalized spacial score (nSPS) is 17.7. The highest BCUT2D eigenvalue weighted by Crippen LogP contribution is 2.37. The molecule has 0 fully saturated rings. The molecule has 4 rings (SSSR count). The van der Waals surface area contributed by atoms with Crippen molar-refractivity contribution in [2.24, 2.45) is 0 Å². The Hall–Kier alpha value is -2.93. The van der Waals surface area contributed by atoms with Crippen LogP contribution in [0.15, 0.2) is 53.4 Å². The Morgan fingerprint density at radius 3 is 2.93 bits per heavy atom. The van der Waals surface area contributed by atoms with Gasteiger partial charge in [0.05, 0.1) is 5.69 Å². The number of amides is 1. The number of benzene rings is 2. The van der Waals surface area contributed by atoms with Crippen molar-refractivity contribution in [3.05, 3.63) is 54.1 Å². The molecule has 1 atom stereocenters. The Morgan fingerprint density at radius 2 is 2.03 bits per heavy atom. The summed E-state index contributed by atoms with van der Waals surface area (Å²) < 4.78 is 15.7. The lowest BCUT2D eigenvalue weighted by atomic mass is 10.2. The summed E-state index contributed by atoms with van der Waals surface area (Å²) in [4.78, 5) is 27.6. The van der Waals surface area contributed by atoms with Gasteiger partial charge in [0.25, 0.3) is 5.91 Å². The Labute approximate surface area is 173 Å². The molecule has 0 aliphatic carbocycles. The molecule has 2 aromatic carbocycles. The summed E-state index contributed by atoms with van der Waals surface area (Å²) >= 11 is 1.76. The molecule has 0 aromatic heterocycles. The van der Waals surface area contributed by atoms with E-state index >= 15 is 0 Å². The summed E-state index contributed by atoms with van der Waals surface area (Å²) in [6.07, 6.45) is 3.80. The quantitative estimate of drug-likeness (QED) is 0.562. The number of esters is 1. The standard InChI is InChI=1S/C22H21NO5S/c1-15-10-11-23(17-4-2-3-5-20(17)29-15)21(24)13-26-22(25)9-7-16-6-8-18-19(12-16)28-14-27-18/h2-9,12,15H,10-11,13-14H2,1H3/b9-7+/t15-/m1/s1. The lowest BCUT2D eigenvalue weighted by Gasteiger charge is -2.22. The van der Waals surface area contributed by atoms with Gasteiger partial charge >= 0.3 is 5.97 Å². The van der Waals surface area contributed by atoms with Gasteiger partial charge in [-0.15, -0.1) is 11.8 Å². The van der Waals surface area contributed by atoms with Gasteiger partial charge in [0.15, 0.2) is 18.1 Å². The van der Waals surface area contributed by atoms with Crippen LogP contribution in [0.1, 0.15) is 18.9 Å². The van der Waals surface area contributed by atoms with Crippen LogP contribution in [0, 0.1) is 0 Å². The zero-order chi connectivity index (χ0) is 20.2. The van der Waals surface area contributed by atoms with Gasteiger partial charge in [-0.05, 0) is 42.3 Å². The van der Waals surface area contributed by atoms with E-state index < -0.39 is 5.97 Å². The second-order valence-corrected chi connectivity index (χ2v) is 8.26. The molecule has 29 heavy (non-hydrogen) atoms. The van der Waals surface area contributed by atoms with Gasteiger partial charge in [0, 0.05) is 22.8 Å². The van der Waals surface area contributed by atoms with Gasteiger partial charge in [-0.1, -0.05) is 25.1 Å². The Kier molecular flexibility index (Phi) is 5.76. The maximum Gasteiger partial charge on any atom is 0.331 e. The van der Waals surface area contributed by atoms with Crippen LogP contribution in [0.2, 0.25) is 0 Å². The molecule has 0 saturated carbocycles. The van der Waals surface area contributed by atoms with Crippen LogP contribution in [-0.2, 0) is 14.3 Å². The number of hydrogen-bond acceptors (Lipinski definition) is 6. The van der Waals surface area contributed by atoms with E-state index in [-0.39, 0.29) is 19.3 Å². The number of anilines is 1. The Morgan fingerprint density at radius 1 is 1.21 bits per heavy atom. The maximum absolute atomic E-state index is 12.7. The molecule has 2 heterocycles. The summed E-state index contributed by atoms with van der Waals surface area (Å²) in [5.74, 6) is 0.530. The van der Waals surface area contributed by atoms with Crippen LogP contribution in [-0.4, -0.2) is 37.1 Å². The second-order valence-electron chi connectivity index (χ2n) is 6.78. The fourth-order valence-corrected chi connectivity index (χ4v) is 4.30. The van der Waals surface area contributed by atoms with E-state index in [4.69, 9.17) is 14.2 Å². The van der Waals surface area contributed by atoms with Gasteiger partial charge in [0.2, 0.25) is 6.79 Å². The van der Waals surface area contributed by atoms with Crippen molar-refractivity contribution in [3.63, 3.8) is 0 Å². The fourth-order valence-electron chi connectivity index (χ4n) is 3.19. The average molecular weight is 411 g/mol. The molecule has 2 aromatic rings. The summed E-state index contributed by atoms with van der Waals surface area (Å²) in [6.45, 7) is 2.66.